The van der Waals surface area contributed by atoms with E-state index in [0.717, 1.165) is 18.4 Å². The summed E-state index contributed by atoms with van der Waals surface area (Å²) in [4.78, 5) is 31.2. The zero-order valence-corrected chi connectivity index (χ0v) is 16.7. The summed E-state index contributed by atoms with van der Waals surface area (Å²) in [5, 5.41) is 4.30. The van der Waals surface area contributed by atoms with Crippen molar-refractivity contribution >= 4 is 39.9 Å². The van der Waals surface area contributed by atoms with Crippen LogP contribution in [0.1, 0.15) is 43.0 Å². The van der Waals surface area contributed by atoms with Gasteiger partial charge in [-0.1, -0.05) is 49.6 Å². The van der Waals surface area contributed by atoms with Crippen molar-refractivity contribution in [3.63, 3.8) is 0 Å². The third-order valence-electron chi connectivity index (χ3n) is 4.84. The highest BCUT2D eigenvalue weighted by molar-refractivity contribution is 7.13. The van der Waals surface area contributed by atoms with E-state index in [1.54, 1.807) is 16.5 Å². The number of anilines is 1. The number of carbonyl (C=O) groups excluding carboxylic acids is 2. The van der Waals surface area contributed by atoms with Crippen LogP contribution in [0, 0.1) is 5.92 Å². The van der Waals surface area contributed by atoms with Gasteiger partial charge < -0.3 is 10.2 Å². The fraction of sp³-hybridized carbons (Fsp3) is 0.450. The molecule has 5 nitrogen and oxygen atoms in total. The summed E-state index contributed by atoms with van der Waals surface area (Å²) in [6.07, 6.45) is 7.43. The molecule has 1 N–H and O–H groups in total. The lowest BCUT2D eigenvalue weighted by atomic mass is 9.89. The smallest absolute Gasteiger partial charge is 0.245 e. The summed E-state index contributed by atoms with van der Waals surface area (Å²) in [7, 11) is 0. The number of hydrogen-bond acceptors (Lipinski definition) is 4. The molecule has 0 aliphatic heterocycles. The van der Waals surface area contributed by atoms with Crippen molar-refractivity contribution in [3.8, 4) is 0 Å². The predicted molar refractivity (Wildman–Crippen MR) is 109 cm³/mol. The molecule has 1 saturated carbocycles. The first-order valence-electron chi connectivity index (χ1n) is 9.30. The molecular formula is C20H24ClN3O2S. The maximum atomic E-state index is 13.1. The summed E-state index contributed by atoms with van der Waals surface area (Å²) in [6, 6.07) is 9.28. The molecule has 1 aromatic carbocycles. The van der Waals surface area contributed by atoms with Gasteiger partial charge >= 0.3 is 0 Å². The van der Waals surface area contributed by atoms with E-state index < -0.39 is 5.38 Å². The average molecular weight is 406 g/mol. The average Bonchev–Trinajstić information content (AvgIpc) is 3.20. The lowest BCUT2D eigenvalue weighted by Crippen LogP contribution is -2.42. The monoisotopic (exact) mass is 405 g/mol. The van der Waals surface area contributed by atoms with Crippen LogP contribution in [0.2, 0.25) is 0 Å². The number of thiazole rings is 1. The van der Waals surface area contributed by atoms with Gasteiger partial charge in [0.25, 0.3) is 0 Å². The summed E-state index contributed by atoms with van der Waals surface area (Å²) >= 11 is 7.82. The molecule has 144 valence electrons. The van der Waals surface area contributed by atoms with Gasteiger partial charge in [-0.05, 0) is 24.3 Å². The molecule has 1 aliphatic carbocycles. The van der Waals surface area contributed by atoms with Crippen molar-refractivity contribution in [1.29, 1.82) is 0 Å². The van der Waals surface area contributed by atoms with Crippen molar-refractivity contribution in [2.24, 2.45) is 5.92 Å². The molecule has 0 radical (unpaired) electrons. The Hall–Kier alpha value is -1.92. The first kappa shape index (κ1) is 19.8. The van der Waals surface area contributed by atoms with Crippen LogP contribution in [-0.2, 0) is 9.59 Å². The summed E-state index contributed by atoms with van der Waals surface area (Å²) < 4.78 is 0. The number of rotatable bonds is 7. The molecule has 1 aliphatic rings. The maximum absolute atomic E-state index is 13.1. The first-order chi connectivity index (χ1) is 13.1. The molecular weight excluding hydrogens is 382 g/mol. The second-order valence-electron chi connectivity index (χ2n) is 6.88. The van der Waals surface area contributed by atoms with Gasteiger partial charge in [0.1, 0.15) is 5.38 Å². The minimum Gasteiger partial charge on any atom is -0.332 e. The molecule has 0 bridgehead atoms. The lowest BCUT2D eigenvalue weighted by Gasteiger charge is -2.30. The fourth-order valence-electron chi connectivity index (χ4n) is 3.46. The molecule has 7 heteroatoms. The van der Waals surface area contributed by atoms with Crippen molar-refractivity contribution < 1.29 is 9.59 Å². The van der Waals surface area contributed by atoms with Crippen LogP contribution in [0.3, 0.4) is 0 Å². The zero-order chi connectivity index (χ0) is 19.1. The van der Waals surface area contributed by atoms with Crippen molar-refractivity contribution in [1.82, 2.24) is 9.88 Å². The molecule has 0 unspecified atom stereocenters. The Kier molecular flexibility index (Phi) is 7.24. The lowest BCUT2D eigenvalue weighted by molar-refractivity contribution is -0.135. The van der Waals surface area contributed by atoms with Gasteiger partial charge in [-0.25, -0.2) is 4.98 Å². The van der Waals surface area contributed by atoms with E-state index in [2.05, 4.69) is 10.3 Å². The third kappa shape index (κ3) is 5.78. The van der Waals surface area contributed by atoms with Gasteiger partial charge in [-0.2, -0.15) is 0 Å². The molecule has 2 amide bonds. The van der Waals surface area contributed by atoms with Gasteiger partial charge in [0.15, 0.2) is 5.13 Å². The van der Waals surface area contributed by atoms with E-state index in [4.69, 9.17) is 11.6 Å². The van der Waals surface area contributed by atoms with Crippen LogP contribution in [0.15, 0.2) is 41.9 Å². The minimum absolute atomic E-state index is 0.00896. The number of nitrogens with zero attached hydrogens (tertiary/aromatic N) is 2. The van der Waals surface area contributed by atoms with Crippen LogP contribution in [0.4, 0.5) is 5.13 Å². The Morgan fingerprint density at radius 1 is 1.22 bits per heavy atom. The van der Waals surface area contributed by atoms with E-state index in [0.29, 0.717) is 17.6 Å². The molecule has 27 heavy (non-hydrogen) atoms. The van der Waals surface area contributed by atoms with Crippen molar-refractivity contribution in [2.45, 2.75) is 37.5 Å². The summed E-state index contributed by atoms with van der Waals surface area (Å²) in [6.45, 7) is 0.561. The molecule has 3 rings (SSSR count). The molecule has 1 fully saturated rings. The Labute approximate surface area is 168 Å². The number of amides is 2. The van der Waals surface area contributed by atoms with E-state index in [1.807, 2.05) is 30.3 Å². The maximum Gasteiger partial charge on any atom is 0.245 e. The molecule has 0 spiro atoms. The topological polar surface area (TPSA) is 62.3 Å². The number of benzene rings is 1. The number of aromatic nitrogens is 1. The standard InChI is InChI=1S/C20H24ClN3O2S/c21-18(16-9-5-2-6-10-16)19(26)24(13-15-7-3-1-4-8-15)14-17(25)23-20-22-11-12-27-20/h2,5-6,9-12,15,18H,1,3-4,7-8,13-14H2,(H,22,23,25)/t18-/m0/s1. The van der Waals surface area contributed by atoms with Crippen molar-refractivity contribution in [3.05, 3.63) is 47.5 Å². The number of nitrogens with one attached hydrogen (secondary N) is 1. The van der Waals surface area contributed by atoms with E-state index in [9.17, 15) is 9.59 Å². The number of carbonyl (C=O) groups is 2. The Morgan fingerprint density at radius 2 is 1.96 bits per heavy atom. The molecule has 1 heterocycles. The molecule has 1 aromatic heterocycles. The molecule has 0 saturated heterocycles. The third-order valence-corrected chi connectivity index (χ3v) is 5.96. The Morgan fingerprint density at radius 3 is 2.63 bits per heavy atom. The number of halogens is 1. The quantitative estimate of drug-likeness (QED) is 0.691. The SMILES string of the molecule is O=C(CN(CC1CCCCC1)C(=O)[C@@H](Cl)c1ccccc1)Nc1nccs1. The first-order valence-corrected chi connectivity index (χ1v) is 10.6. The van der Waals surface area contributed by atoms with Gasteiger partial charge in [-0.3, -0.25) is 9.59 Å². The van der Waals surface area contributed by atoms with E-state index in [-0.39, 0.29) is 18.4 Å². The predicted octanol–water partition coefficient (Wildman–Crippen LogP) is 4.47. The summed E-state index contributed by atoms with van der Waals surface area (Å²) in [5.41, 5.74) is 0.748. The molecule has 2 aromatic rings. The highest BCUT2D eigenvalue weighted by Crippen LogP contribution is 2.27. The van der Waals surface area contributed by atoms with Crippen LogP contribution in [-0.4, -0.2) is 34.8 Å². The number of alkyl halides is 1. The number of hydrogen-bond donors (Lipinski definition) is 1. The minimum atomic E-state index is -0.789. The van der Waals surface area contributed by atoms with Crippen LogP contribution in [0.5, 0.6) is 0 Å². The highest BCUT2D eigenvalue weighted by Gasteiger charge is 2.28. The van der Waals surface area contributed by atoms with Crippen LogP contribution in [0.25, 0.3) is 0 Å². The van der Waals surface area contributed by atoms with E-state index >= 15 is 0 Å². The Bertz CT molecular complexity index is 733. The normalized spacial score (nSPS) is 15.9. The second-order valence-corrected chi connectivity index (χ2v) is 8.21. The highest BCUT2D eigenvalue weighted by atomic mass is 35.5. The molecule has 1 atom stereocenters. The zero-order valence-electron chi connectivity index (χ0n) is 15.1. The van der Waals surface area contributed by atoms with Crippen molar-refractivity contribution in [2.75, 3.05) is 18.4 Å². The second kappa shape index (κ2) is 9.85. The van der Waals surface area contributed by atoms with E-state index in [1.165, 1.54) is 30.6 Å². The van der Waals surface area contributed by atoms with Crippen LogP contribution >= 0.6 is 22.9 Å². The summed E-state index contributed by atoms with van der Waals surface area (Å²) in [5.74, 6) is -0.0382. The largest absolute Gasteiger partial charge is 0.332 e. The Balaban J connectivity index is 1.69. The van der Waals surface area contributed by atoms with Gasteiger partial charge in [0.2, 0.25) is 11.8 Å². The van der Waals surface area contributed by atoms with Crippen LogP contribution < -0.4 is 5.32 Å². The van der Waals surface area contributed by atoms with Gasteiger partial charge in [0.05, 0.1) is 6.54 Å². The van der Waals surface area contributed by atoms with Gasteiger partial charge in [-0.15, -0.1) is 22.9 Å². The fourth-order valence-corrected chi connectivity index (χ4v) is 4.28. The van der Waals surface area contributed by atoms with Gasteiger partial charge in [0, 0.05) is 18.1 Å².